The van der Waals surface area contributed by atoms with E-state index in [-0.39, 0.29) is 0 Å². The Morgan fingerprint density at radius 2 is 1.82 bits per heavy atom. The van der Waals surface area contributed by atoms with Crippen LogP contribution in [0.25, 0.3) is 16.6 Å². The van der Waals surface area contributed by atoms with Gasteiger partial charge in [-0.05, 0) is 42.0 Å². The summed E-state index contributed by atoms with van der Waals surface area (Å²) in [5.41, 5.74) is 6.00. The highest BCUT2D eigenvalue weighted by atomic mass is 16.5. The number of ether oxygens (including phenoxy) is 1. The summed E-state index contributed by atoms with van der Waals surface area (Å²) >= 11 is 0. The van der Waals surface area contributed by atoms with E-state index in [1.54, 1.807) is 0 Å². The van der Waals surface area contributed by atoms with Gasteiger partial charge in [0.1, 0.15) is 12.4 Å². The SMILES string of the molecule is C=C(NN)c1ccc(OCc2ccc3ccccc3n2)cc1. The third kappa shape index (κ3) is 3.07. The first-order chi connectivity index (χ1) is 10.8. The zero-order valence-corrected chi connectivity index (χ0v) is 12.1. The van der Waals surface area contributed by atoms with E-state index in [1.165, 1.54) is 0 Å². The lowest BCUT2D eigenvalue weighted by Gasteiger charge is -2.08. The van der Waals surface area contributed by atoms with Crippen LogP contribution in [0.5, 0.6) is 5.75 Å². The van der Waals surface area contributed by atoms with Crippen LogP contribution in [0, 0.1) is 0 Å². The predicted molar refractivity (Wildman–Crippen MR) is 88.9 cm³/mol. The van der Waals surface area contributed by atoms with Crippen molar-refractivity contribution in [1.29, 1.82) is 0 Å². The number of nitrogens with zero attached hydrogens (tertiary/aromatic N) is 1. The van der Waals surface area contributed by atoms with Gasteiger partial charge in [-0.1, -0.05) is 30.8 Å². The van der Waals surface area contributed by atoms with Crippen molar-refractivity contribution >= 4 is 16.6 Å². The topological polar surface area (TPSA) is 60.2 Å². The molecule has 0 spiro atoms. The lowest BCUT2D eigenvalue weighted by Crippen LogP contribution is -2.18. The molecule has 3 rings (SSSR count). The molecule has 0 aliphatic heterocycles. The zero-order chi connectivity index (χ0) is 15.4. The van der Waals surface area contributed by atoms with Gasteiger partial charge >= 0.3 is 0 Å². The third-order valence-electron chi connectivity index (χ3n) is 3.42. The molecule has 110 valence electrons. The van der Waals surface area contributed by atoms with E-state index in [4.69, 9.17) is 10.6 Å². The van der Waals surface area contributed by atoms with Crippen LogP contribution in [0.4, 0.5) is 0 Å². The second-order valence-corrected chi connectivity index (χ2v) is 4.93. The highest BCUT2D eigenvalue weighted by molar-refractivity contribution is 5.78. The van der Waals surface area contributed by atoms with E-state index < -0.39 is 0 Å². The summed E-state index contributed by atoms with van der Waals surface area (Å²) in [6.45, 7) is 4.24. The van der Waals surface area contributed by atoms with Crippen LogP contribution >= 0.6 is 0 Å². The van der Waals surface area contributed by atoms with Crippen molar-refractivity contribution in [2.45, 2.75) is 6.61 Å². The molecule has 4 heteroatoms. The van der Waals surface area contributed by atoms with Crippen molar-refractivity contribution in [3.63, 3.8) is 0 Å². The maximum absolute atomic E-state index is 5.77. The summed E-state index contributed by atoms with van der Waals surface area (Å²) in [7, 11) is 0. The second kappa shape index (κ2) is 6.28. The number of hydrazine groups is 1. The van der Waals surface area contributed by atoms with Crippen molar-refractivity contribution in [1.82, 2.24) is 10.4 Å². The lowest BCUT2D eigenvalue weighted by molar-refractivity contribution is 0.302. The number of benzene rings is 2. The largest absolute Gasteiger partial charge is 0.487 e. The number of rotatable bonds is 5. The molecule has 4 nitrogen and oxygen atoms in total. The monoisotopic (exact) mass is 291 g/mol. The first-order valence-corrected chi connectivity index (χ1v) is 7.00. The van der Waals surface area contributed by atoms with Crippen LogP contribution in [-0.2, 0) is 6.61 Å². The van der Waals surface area contributed by atoms with Gasteiger partial charge in [0, 0.05) is 11.1 Å². The molecule has 1 heterocycles. The highest BCUT2D eigenvalue weighted by Crippen LogP contribution is 2.18. The Labute approximate surface area is 129 Å². The Bertz CT molecular complexity index is 797. The molecule has 3 aromatic rings. The van der Waals surface area contributed by atoms with E-state index in [0.717, 1.165) is 27.9 Å². The van der Waals surface area contributed by atoms with Gasteiger partial charge in [0.25, 0.3) is 0 Å². The van der Waals surface area contributed by atoms with Crippen LogP contribution in [0.1, 0.15) is 11.3 Å². The molecule has 0 radical (unpaired) electrons. The number of hydrogen-bond donors (Lipinski definition) is 2. The number of pyridine rings is 1. The standard InChI is InChI=1S/C18H17N3O/c1-13(21-19)14-7-10-17(11-8-14)22-12-16-9-6-15-4-2-3-5-18(15)20-16/h2-11,21H,1,12,19H2. The Morgan fingerprint density at radius 1 is 1.05 bits per heavy atom. The highest BCUT2D eigenvalue weighted by Gasteiger charge is 2.01. The minimum atomic E-state index is 0.431. The van der Waals surface area contributed by atoms with Crippen LogP contribution < -0.4 is 16.0 Å². The molecule has 0 fully saturated rings. The Hall–Kier alpha value is -2.85. The van der Waals surface area contributed by atoms with Gasteiger partial charge in [0.2, 0.25) is 0 Å². The number of fused-ring (bicyclic) bond motifs is 1. The second-order valence-electron chi connectivity index (χ2n) is 4.93. The quantitative estimate of drug-likeness (QED) is 0.559. The van der Waals surface area contributed by atoms with Crippen LogP contribution in [0.15, 0.2) is 67.2 Å². The average molecular weight is 291 g/mol. The molecule has 0 amide bonds. The first-order valence-electron chi connectivity index (χ1n) is 7.00. The van der Waals surface area contributed by atoms with Gasteiger partial charge in [-0.2, -0.15) is 0 Å². The van der Waals surface area contributed by atoms with Crippen molar-refractivity contribution in [2.24, 2.45) is 5.84 Å². The maximum Gasteiger partial charge on any atom is 0.130 e. The molecule has 22 heavy (non-hydrogen) atoms. The first kappa shape index (κ1) is 14.1. The van der Waals surface area contributed by atoms with Crippen LogP contribution in [0.2, 0.25) is 0 Å². The Kier molecular flexibility index (Phi) is 4.03. The lowest BCUT2D eigenvalue weighted by atomic mass is 10.2. The molecule has 1 aromatic heterocycles. The molecule has 0 bridgehead atoms. The summed E-state index contributed by atoms with van der Waals surface area (Å²) < 4.78 is 5.77. The molecule has 0 aliphatic carbocycles. The number of para-hydroxylation sites is 1. The predicted octanol–water partition coefficient (Wildman–Crippen LogP) is 3.25. The van der Waals surface area contributed by atoms with Crippen LogP contribution in [0.3, 0.4) is 0 Å². The molecule has 2 aromatic carbocycles. The fraction of sp³-hybridized carbons (Fsp3) is 0.0556. The fourth-order valence-electron chi connectivity index (χ4n) is 2.18. The summed E-state index contributed by atoms with van der Waals surface area (Å²) in [6.07, 6.45) is 0. The normalized spacial score (nSPS) is 10.4. The summed E-state index contributed by atoms with van der Waals surface area (Å²) in [5.74, 6) is 6.11. The number of aromatic nitrogens is 1. The van der Waals surface area contributed by atoms with Crippen molar-refractivity contribution in [3.8, 4) is 5.75 Å². The average Bonchev–Trinajstić information content (AvgIpc) is 2.59. The summed E-state index contributed by atoms with van der Waals surface area (Å²) in [5, 5.41) is 1.13. The molecular weight excluding hydrogens is 274 g/mol. The molecule has 0 saturated heterocycles. The van der Waals surface area contributed by atoms with Gasteiger partial charge in [-0.25, -0.2) is 4.98 Å². The Morgan fingerprint density at radius 3 is 2.59 bits per heavy atom. The van der Waals surface area contributed by atoms with Crippen LogP contribution in [-0.4, -0.2) is 4.98 Å². The molecule has 0 saturated carbocycles. The minimum absolute atomic E-state index is 0.431. The fourth-order valence-corrected chi connectivity index (χ4v) is 2.18. The smallest absolute Gasteiger partial charge is 0.130 e. The van der Waals surface area contributed by atoms with E-state index in [9.17, 15) is 0 Å². The van der Waals surface area contributed by atoms with E-state index in [2.05, 4.69) is 23.1 Å². The molecule has 0 unspecified atom stereocenters. The zero-order valence-electron chi connectivity index (χ0n) is 12.1. The molecular formula is C18H17N3O. The van der Waals surface area contributed by atoms with Gasteiger partial charge in [0.15, 0.2) is 0 Å². The molecule has 3 N–H and O–H groups in total. The van der Waals surface area contributed by atoms with Crippen molar-refractivity contribution < 1.29 is 4.74 Å². The molecule has 0 aliphatic rings. The number of nitrogens with two attached hydrogens (primary N) is 1. The van der Waals surface area contributed by atoms with Gasteiger partial charge in [-0.15, -0.1) is 0 Å². The van der Waals surface area contributed by atoms with Crippen molar-refractivity contribution in [2.75, 3.05) is 0 Å². The summed E-state index contributed by atoms with van der Waals surface area (Å²) in [6, 6.07) is 19.7. The summed E-state index contributed by atoms with van der Waals surface area (Å²) in [4.78, 5) is 4.58. The van der Waals surface area contributed by atoms with E-state index >= 15 is 0 Å². The number of hydrogen-bond acceptors (Lipinski definition) is 4. The molecule has 0 atom stereocenters. The van der Waals surface area contributed by atoms with Crippen molar-refractivity contribution in [3.05, 3.63) is 78.5 Å². The van der Waals surface area contributed by atoms with Gasteiger partial charge < -0.3 is 10.2 Å². The Balaban J connectivity index is 1.69. The van der Waals surface area contributed by atoms with Gasteiger partial charge in [-0.3, -0.25) is 5.84 Å². The third-order valence-corrected chi connectivity index (χ3v) is 3.42. The minimum Gasteiger partial charge on any atom is -0.487 e. The van der Waals surface area contributed by atoms with E-state index in [0.29, 0.717) is 12.3 Å². The maximum atomic E-state index is 5.77. The number of nitrogens with one attached hydrogen (secondary N) is 1. The van der Waals surface area contributed by atoms with E-state index in [1.807, 2.05) is 54.6 Å². The van der Waals surface area contributed by atoms with Gasteiger partial charge in [0.05, 0.1) is 11.2 Å².